The van der Waals surface area contributed by atoms with Gasteiger partial charge in [-0.2, -0.15) is 19.4 Å². The topological polar surface area (TPSA) is 148 Å². The summed E-state index contributed by atoms with van der Waals surface area (Å²) in [6, 6.07) is 118. The predicted octanol–water partition coefficient (Wildman–Crippen LogP) is 26.2. The van der Waals surface area contributed by atoms with Crippen LogP contribution in [0.25, 0.3) is 48.6 Å². The minimum absolute atomic E-state index is 0.443. The summed E-state index contributed by atoms with van der Waals surface area (Å²) in [6.45, 7) is 1.77. The van der Waals surface area contributed by atoms with Gasteiger partial charge in [0.05, 0.1) is 26.4 Å². The van der Waals surface area contributed by atoms with Crippen LogP contribution in [-0.4, -0.2) is 37.7 Å². The van der Waals surface area contributed by atoms with E-state index in [0.29, 0.717) is 26.4 Å². The van der Waals surface area contributed by atoms with Crippen molar-refractivity contribution in [1.82, 2.24) is 0 Å². The number of benzene rings is 12. The molecule has 12 aromatic rings. The van der Waals surface area contributed by atoms with E-state index in [-0.39, 0.29) is 0 Å². The van der Waals surface area contributed by atoms with E-state index in [1.165, 1.54) is 100 Å². The van der Waals surface area contributed by atoms with Crippen molar-refractivity contribution in [2.45, 2.75) is 31.8 Å². The Balaban J connectivity index is 0.000000196. The van der Waals surface area contributed by atoms with Crippen molar-refractivity contribution in [2.75, 3.05) is 26.4 Å². The first kappa shape index (κ1) is 90.0. The molecule has 12 aromatic carbocycles. The quantitative estimate of drug-likeness (QED) is 0.00888. The molecule has 0 aliphatic carbocycles. The lowest BCUT2D eigenvalue weighted by Gasteiger charge is -2.26. The molecule has 0 saturated carbocycles. The molecule has 0 fully saturated rings. The Morgan fingerprint density at radius 3 is 0.528 bits per heavy atom. The van der Waals surface area contributed by atoms with Gasteiger partial charge in [-0.05, 0) is 115 Å². The van der Waals surface area contributed by atoms with Crippen LogP contribution in [0, 0.1) is 0 Å². The van der Waals surface area contributed by atoms with E-state index in [0.717, 1.165) is 92.4 Å². The standard InChI is InChI=1S/C41H44O8.C32H28NO4.C32H28O4P/c1-5-13-37(14-6-1)21-25-42-29-33-46-41(47-34-30-43-26-22-38-15-7-2-8-16-38,48-35-31-44-27-23-39-17-9-3-10-18-39)49-36-32-45-28-24-40-19-11-4-12-20-40;1-5-13-29(14-6-1)21-25-34-33(35-26-22-30-15-7-2-8-16-30,36-27-23-31-17-9-3-10-18-31)37-28-24-32-19-11-4-12-20-32;1-5-13-29(14-6-1)21-25-33-37(34-26-22-30-15-7-2-8-16-30,35-27-23-31-17-9-3-10-18-31)36-28-24-32-19-11-4-12-20-32/h1-20,29-36H,21-28H2;2*1-28H/q;2*+1/b33-29-,34-30-,35-31-,36-32-;;. The summed E-state index contributed by atoms with van der Waals surface area (Å²) in [6.07, 6.45) is 37.9. The van der Waals surface area contributed by atoms with Crippen molar-refractivity contribution in [2.24, 2.45) is 0 Å². The highest BCUT2D eigenvalue weighted by Crippen LogP contribution is 2.64. The Bertz CT molecular complexity index is 4280. The molecule has 0 unspecified atom stereocenters. The first-order valence-electron chi connectivity index (χ1n) is 39.9. The number of hydrogen-bond acceptors (Lipinski definition) is 16. The molecule has 18 heteroatoms. The Morgan fingerprint density at radius 1 is 0.187 bits per heavy atom. The normalized spacial score (nSPS) is 12.6. The number of hydrogen-bond donors (Lipinski definition) is 0. The van der Waals surface area contributed by atoms with Gasteiger partial charge in [-0.15, -0.1) is 0 Å². The zero-order valence-corrected chi connectivity index (χ0v) is 69.0. The number of nitrogens with zero attached hydrogens (tertiary/aromatic N) is 1. The molecule has 624 valence electrons. The van der Waals surface area contributed by atoms with Crippen LogP contribution in [0.1, 0.15) is 66.8 Å². The lowest BCUT2D eigenvalue weighted by atomic mass is 10.2. The third-order valence-electron chi connectivity index (χ3n) is 16.9. The number of ether oxygens (including phenoxy) is 8. The molecule has 0 heterocycles. The molecule has 0 amide bonds. The highest BCUT2D eigenvalue weighted by atomic mass is 31.2. The molecule has 0 atom stereocenters. The summed E-state index contributed by atoms with van der Waals surface area (Å²) in [5, 5.41) is -1.10. The van der Waals surface area contributed by atoms with E-state index in [2.05, 4.69) is 0 Å². The molecule has 0 aromatic heterocycles. The molecule has 0 aliphatic heterocycles. The minimum Gasteiger partial charge on any atom is -0.498 e. The van der Waals surface area contributed by atoms with E-state index >= 15 is 0 Å². The molecule has 123 heavy (non-hydrogen) atoms. The van der Waals surface area contributed by atoms with E-state index < -0.39 is 19.5 Å². The van der Waals surface area contributed by atoms with Crippen LogP contribution < -0.4 is 0 Å². The van der Waals surface area contributed by atoms with Crippen LogP contribution in [0.2, 0.25) is 0 Å². The Morgan fingerprint density at radius 2 is 0.350 bits per heavy atom. The van der Waals surface area contributed by atoms with E-state index in [9.17, 15) is 0 Å². The SMILES string of the molecule is C(=C/OC(O/C=C\OCCc1ccccc1)(O/C=C\OCCc1ccccc1)O/C=C\OCCc1ccccc1)/OCCc1ccccc1.C(=Cc1ccccc1)O[N+](OC=Cc1ccccc1)(OC=Cc1ccccc1)OC=Cc1ccccc1.C(=Cc1ccccc1)O[P+](OC=Cc1ccccc1)(OC=Cc1ccccc1)OC=Cc1ccccc1. The Kier molecular flexibility index (Phi) is 40.6. The van der Waals surface area contributed by atoms with Gasteiger partial charge < -0.3 is 37.9 Å². The van der Waals surface area contributed by atoms with Crippen LogP contribution in [0.3, 0.4) is 0 Å². The average molecular weight is 1660 g/mol. The number of rotatable bonds is 48. The van der Waals surface area contributed by atoms with Gasteiger partial charge in [-0.1, -0.05) is 364 Å². The van der Waals surface area contributed by atoms with E-state index in [1.54, 1.807) is 24.3 Å². The van der Waals surface area contributed by atoms with Gasteiger partial charge >= 0.3 is 19.5 Å². The smallest absolute Gasteiger partial charge is 0.498 e. The maximum absolute atomic E-state index is 6.06. The molecule has 0 N–H and O–H groups in total. The lowest BCUT2D eigenvalue weighted by Crippen LogP contribution is -2.42. The maximum atomic E-state index is 6.06. The van der Waals surface area contributed by atoms with Crippen molar-refractivity contribution in [3.63, 3.8) is 0 Å². The monoisotopic (exact) mass is 1660 g/mol. The summed E-state index contributed by atoms with van der Waals surface area (Å²) in [5.74, 6) is 0. The van der Waals surface area contributed by atoms with Gasteiger partial charge in [0.2, 0.25) is 0 Å². The minimum atomic E-state index is -3.39. The average Bonchev–Trinajstić information content (AvgIpc) is 0.863. The van der Waals surface area contributed by atoms with Gasteiger partial charge in [0.15, 0.2) is 50.1 Å². The summed E-state index contributed by atoms with van der Waals surface area (Å²) in [7, 11) is -3.39. The highest BCUT2D eigenvalue weighted by Gasteiger charge is 2.52. The van der Waals surface area contributed by atoms with Crippen molar-refractivity contribution < 1.29 is 80.5 Å². The molecular formula is C105H100NO16P+2. The molecule has 0 aliphatic rings. The fourth-order valence-corrected chi connectivity index (χ4v) is 11.7. The van der Waals surface area contributed by atoms with Crippen molar-refractivity contribution in [3.05, 3.63) is 531 Å². The fourth-order valence-electron chi connectivity index (χ4n) is 10.6. The maximum Gasteiger partial charge on any atom is 0.764 e. The van der Waals surface area contributed by atoms with Gasteiger partial charge in [-0.25, -0.2) is 18.1 Å². The van der Waals surface area contributed by atoms with Gasteiger partial charge in [0.1, 0.15) is 50.1 Å². The fraction of sp³-hybridized carbons (Fsp3) is 0.0857. The zero-order chi connectivity index (χ0) is 84.8. The first-order chi connectivity index (χ1) is 60.9. The van der Waals surface area contributed by atoms with Crippen molar-refractivity contribution >= 4 is 56.8 Å². The predicted molar refractivity (Wildman–Crippen MR) is 488 cm³/mol. The highest BCUT2D eigenvalue weighted by molar-refractivity contribution is 7.56. The molecule has 0 spiro atoms. The van der Waals surface area contributed by atoms with Gasteiger partial charge in [-0.3, -0.25) is 0 Å². The summed E-state index contributed by atoms with van der Waals surface area (Å²) in [5.41, 5.74) is 12.3. The Labute approximate surface area is 722 Å². The third kappa shape index (κ3) is 37.5. The largest absolute Gasteiger partial charge is 0.764 e. The van der Waals surface area contributed by atoms with Crippen LogP contribution in [0.4, 0.5) is 0 Å². The molecule has 0 radical (unpaired) electrons. The second-order valence-corrected chi connectivity index (χ2v) is 27.7. The van der Waals surface area contributed by atoms with E-state index in [1.807, 2.05) is 388 Å². The van der Waals surface area contributed by atoms with E-state index in [4.69, 9.17) is 75.3 Å². The van der Waals surface area contributed by atoms with Crippen molar-refractivity contribution in [1.29, 1.82) is 0 Å². The third-order valence-corrected chi connectivity index (χ3v) is 18.4. The second kappa shape index (κ2) is 55.4. The lowest BCUT2D eigenvalue weighted by molar-refractivity contribution is -1.45. The van der Waals surface area contributed by atoms with Gasteiger partial charge in [0.25, 0.3) is 0 Å². The molecule has 17 nitrogen and oxygen atoms in total. The zero-order valence-electron chi connectivity index (χ0n) is 68.1. The Hall–Kier alpha value is -15.3. The molecule has 0 bridgehead atoms. The molecule has 12 rings (SSSR count). The molecular weight excluding hydrogens is 1560 g/mol. The summed E-state index contributed by atoms with van der Waals surface area (Å²) >= 11 is 0. The van der Waals surface area contributed by atoms with Crippen LogP contribution in [0.15, 0.2) is 464 Å². The van der Waals surface area contributed by atoms with Crippen LogP contribution in [-0.2, 0) is 101 Å². The van der Waals surface area contributed by atoms with Crippen LogP contribution >= 0.6 is 8.17 Å². The van der Waals surface area contributed by atoms with Gasteiger partial charge in [0, 0.05) is 25.7 Å². The first-order valence-corrected chi connectivity index (χ1v) is 41.3. The molecule has 0 saturated heterocycles. The number of quaternary nitrogens is 1. The van der Waals surface area contributed by atoms with Crippen LogP contribution in [0.5, 0.6) is 0 Å². The van der Waals surface area contributed by atoms with Crippen molar-refractivity contribution in [3.8, 4) is 0 Å². The second-order valence-electron chi connectivity index (χ2n) is 25.9. The summed E-state index contributed by atoms with van der Waals surface area (Å²) < 4.78 is 70.0. The summed E-state index contributed by atoms with van der Waals surface area (Å²) in [4.78, 5) is 23.5.